The summed E-state index contributed by atoms with van der Waals surface area (Å²) in [5.41, 5.74) is -5.19. The predicted octanol–water partition coefficient (Wildman–Crippen LogP) is 0.810. The Hall–Kier alpha value is -1.55. The molecule has 2 rings (SSSR count). The van der Waals surface area contributed by atoms with Crippen molar-refractivity contribution >= 4 is 15.9 Å². The van der Waals surface area contributed by atoms with Gasteiger partial charge in [0.25, 0.3) is 0 Å². The lowest BCUT2D eigenvalue weighted by atomic mass is 10.2. The fourth-order valence-corrected chi connectivity index (χ4v) is 4.10. The van der Waals surface area contributed by atoms with Gasteiger partial charge in [-0.1, -0.05) is 48.5 Å². The molecule has 0 saturated carbocycles. The van der Waals surface area contributed by atoms with Gasteiger partial charge >= 0.3 is 36.8 Å². The molecule has 0 atom stereocenters. The fourth-order valence-electron chi connectivity index (χ4n) is 1.50. The maximum Gasteiger partial charge on any atom is 0.534 e. The number of alkyl halides is 3. The number of hydrogen-bond acceptors (Lipinski definition) is 3. The average Bonchev–Trinajstić information content (AvgIpc) is 2.52. The molecule has 2 aromatic carbocycles. The van der Waals surface area contributed by atoms with Crippen LogP contribution in [0.1, 0.15) is 5.56 Å². The van der Waals surface area contributed by atoms with Crippen molar-refractivity contribution in [2.24, 2.45) is 0 Å². The first kappa shape index (κ1) is 17.8. The number of halogens is 4. The summed E-state index contributed by atoms with van der Waals surface area (Å²) in [5, 5.41) is 0. The first-order valence-corrected chi connectivity index (χ1v) is 9.98. The highest BCUT2D eigenvalue weighted by molar-refractivity contribution is 7.87. The third-order valence-electron chi connectivity index (χ3n) is 2.55. The van der Waals surface area contributed by atoms with Gasteiger partial charge in [-0.3, -0.25) is 0 Å². The SMILES string of the molecule is O=S(=O)(O/C(=C/[I+]c1ccccc1)c1ccccc1)C(F)(F)F. The topological polar surface area (TPSA) is 43.4 Å². The lowest BCUT2D eigenvalue weighted by Crippen LogP contribution is -3.59. The zero-order valence-electron chi connectivity index (χ0n) is 11.5. The monoisotopic (exact) mass is 455 g/mol. The molecule has 0 fully saturated rings. The lowest BCUT2D eigenvalue weighted by Gasteiger charge is -2.10. The van der Waals surface area contributed by atoms with Gasteiger partial charge in [0.15, 0.2) is 9.33 Å². The van der Waals surface area contributed by atoms with Crippen molar-refractivity contribution in [2.75, 3.05) is 0 Å². The minimum Gasteiger partial charge on any atom is -0.371 e. The standard InChI is InChI=1S/C15H11F3IO3S/c16-15(17,18)23(20,21)22-14(12-7-3-1-4-8-12)11-19-13-9-5-2-6-10-13/h1-11H/q+1/b14-11+. The van der Waals surface area contributed by atoms with Gasteiger partial charge < -0.3 is 4.18 Å². The Labute approximate surface area is 142 Å². The molecular weight excluding hydrogens is 444 g/mol. The molecule has 0 radical (unpaired) electrons. The van der Waals surface area contributed by atoms with E-state index in [1.165, 1.54) is 16.2 Å². The summed E-state index contributed by atoms with van der Waals surface area (Å²) in [6, 6.07) is 16.9. The second kappa shape index (κ2) is 7.35. The van der Waals surface area contributed by atoms with Crippen LogP contribution in [0, 0.1) is 3.57 Å². The van der Waals surface area contributed by atoms with E-state index in [-0.39, 0.29) is 11.3 Å². The van der Waals surface area contributed by atoms with Crippen molar-refractivity contribution in [2.45, 2.75) is 5.51 Å². The summed E-state index contributed by atoms with van der Waals surface area (Å²) < 4.78 is 66.9. The molecule has 0 spiro atoms. The van der Waals surface area contributed by atoms with E-state index in [1.54, 1.807) is 30.3 Å². The normalized spacial score (nSPS) is 12.9. The lowest BCUT2D eigenvalue weighted by molar-refractivity contribution is -0.556. The maximum atomic E-state index is 12.5. The van der Waals surface area contributed by atoms with E-state index in [0.717, 1.165) is 3.57 Å². The highest BCUT2D eigenvalue weighted by Gasteiger charge is 2.49. The second-order valence-corrected chi connectivity index (χ2v) is 8.26. The molecule has 0 aliphatic heterocycles. The first-order chi connectivity index (χ1) is 10.8. The van der Waals surface area contributed by atoms with Crippen LogP contribution in [0.4, 0.5) is 13.2 Å². The van der Waals surface area contributed by atoms with Gasteiger partial charge in [-0.05, 0) is 12.1 Å². The van der Waals surface area contributed by atoms with Crippen LogP contribution < -0.4 is 21.2 Å². The third kappa shape index (κ3) is 4.96. The van der Waals surface area contributed by atoms with E-state index in [9.17, 15) is 21.6 Å². The van der Waals surface area contributed by atoms with E-state index < -0.39 is 36.8 Å². The predicted molar refractivity (Wildman–Crippen MR) is 75.6 cm³/mol. The highest BCUT2D eigenvalue weighted by Crippen LogP contribution is 2.29. The zero-order chi connectivity index (χ0) is 16.9. The van der Waals surface area contributed by atoms with Gasteiger partial charge in [-0.2, -0.15) is 21.6 Å². The van der Waals surface area contributed by atoms with E-state index >= 15 is 0 Å². The number of rotatable bonds is 5. The molecule has 0 bridgehead atoms. The van der Waals surface area contributed by atoms with Crippen molar-refractivity contribution in [3.63, 3.8) is 0 Å². The van der Waals surface area contributed by atoms with E-state index in [2.05, 4.69) is 4.18 Å². The molecule has 2 aromatic rings. The average molecular weight is 455 g/mol. The molecular formula is C15H11F3IO3S+. The fraction of sp³-hybridized carbons (Fsp3) is 0.0667. The zero-order valence-corrected chi connectivity index (χ0v) is 14.5. The number of benzene rings is 2. The quantitative estimate of drug-likeness (QED) is 0.290. The summed E-state index contributed by atoms with van der Waals surface area (Å²) in [6.07, 6.45) is 0. The van der Waals surface area contributed by atoms with Crippen LogP contribution >= 0.6 is 0 Å². The van der Waals surface area contributed by atoms with Gasteiger partial charge in [-0.25, -0.2) is 0 Å². The van der Waals surface area contributed by atoms with E-state index in [1.807, 2.05) is 18.2 Å². The third-order valence-corrected chi connectivity index (χ3v) is 5.84. The molecule has 0 aliphatic carbocycles. The van der Waals surface area contributed by atoms with Gasteiger partial charge in [0, 0.05) is 5.56 Å². The van der Waals surface area contributed by atoms with E-state index in [0.29, 0.717) is 0 Å². The number of hydrogen-bond donors (Lipinski definition) is 0. The smallest absolute Gasteiger partial charge is 0.371 e. The van der Waals surface area contributed by atoms with Crippen LogP contribution in [0.15, 0.2) is 64.7 Å². The summed E-state index contributed by atoms with van der Waals surface area (Å²) in [5.74, 6) is -0.306. The van der Waals surface area contributed by atoms with Crippen LogP contribution in [0.5, 0.6) is 0 Å². The molecule has 0 heterocycles. The molecule has 8 heteroatoms. The summed E-state index contributed by atoms with van der Waals surface area (Å²) in [4.78, 5) is 0. The van der Waals surface area contributed by atoms with Crippen molar-refractivity contribution < 1.29 is 47.0 Å². The van der Waals surface area contributed by atoms with Gasteiger partial charge in [0.05, 0.1) is 0 Å². The molecule has 0 amide bonds. The molecule has 122 valence electrons. The van der Waals surface area contributed by atoms with Gasteiger partial charge in [0.2, 0.25) is 4.08 Å². The van der Waals surface area contributed by atoms with Crippen LogP contribution in [-0.4, -0.2) is 13.9 Å². The summed E-state index contributed by atoms with van der Waals surface area (Å²) >= 11 is -0.850. The van der Waals surface area contributed by atoms with Crippen LogP contribution in [0.25, 0.3) is 5.76 Å². The molecule has 0 unspecified atom stereocenters. The second-order valence-electron chi connectivity index (χ2n) is 4.23. The van der Waals surface area contributed by atoms with Crippen LogP contribution in [0.2, 0.25) is 0 Å². The highest BCUT2D eigenvalue weighted by atomic mass is 127. The summed E-state index contributed by atoms with van der Waals surface area (Å²) in [7, 11) is -5.70. The van der Waals surface area contributed by atoms with E-state index in [4.69, 9.17) is 0 Å². The molecule has 23 heavy (non-hydrogen) atoms. The van der Waals surface area contributed by atoms with Crippen molar-refractivity contribution in [3.8, 4) is 0 Å². The van der Waals surface area contributed by atoms with Crippen molar-refractivity contribution in [1.29, 1.82) is 0 Å². The minimum absolute atomic E-state index is 0.274. The molecule has 0 aromatic heterocycles. The minimum atomic E-state index is -5.70. The van der Waals surface area contributed by atoms with Crippen LogP contribution in [0.3, 0.4) is 0 Å². The van der Waals surface area contributed by atoms with Crippen molar-refractivity contribution in [1.82, 2.24) is 0 Å². The van der Waals surface area contributed by atoms with Crippen LogP contribution in [-0.2, 0) is 14.3 Å². The molecule has 0 saturated heterocycles. The Balaban J connectivity index is 2.34. The summed E-state index contributed by atoms with van der Waals surface area (Å²) in [6.45, 7) is 0. The van der Waals surface area contributed by atoms with Gasteiger partial charge in [-0.15, -0.1) is 0 Å². The van der Waals surface area contributed by atoms with Crippen molar-refractivity contribution in [3.05, 3.63) is 73.9 Å². The molecule has 3 nitrogen and oxygen atoms in total. The molecule has 0 N–H and O–H groups in total. The Kier molecular flexibility index (Phi) is 5.69. The Morgan fingerprint density at radius 1 is 0.957 bits per heavy atom. The first-order valence-electron chi connectivity index (χ1n) is 6.24. The molecule has 0 aliphatic rings. The Morgan fingerprint density at radius 2 is 1.48 bits per heavy atom. The maximum absolute atomic E-state index is 12.5. The Bertz CT molecular complexity index is 773. The largest absolute Gasteiger partial charge is 0.534 e. The Morgan fingerprint density at radius 3 is 2.00 bits per heavy atom. The van der Waals surface area contributed by atoms with Gasteiger partial charge in [0.1, 0.15) is 0 Å².